The molecule has 1 aromatic carbocycles. The number of hydrogen-bond donors (Lipinski definition) is 2. The Labute approximate surface area is 149 Å². The Hall–Kier alpha value is -2.04. The van der Waals surface area contributed by atoms with E-state index in [1.807, 2.05) is 12.1 Å². The second kappa shape index (κ2) is 6.36. The Balaban J connectivity index is 1.59. The SMILES string of the molecule is CC(=O)Nc1ccccc1OCC(=O)NC1CC2CCC1(C)C2(C)C. The van der Waals surface area contributed by atoms with Crippen LogP contribution in [0.2, 0.25) is 0 Å². The monoisotopic (exact) mass is 344 g/mol. The number of rotatable bonds is 5. The molecule has 0 aromatic heterocycles. The van der Waals surface area contributed by atoms with Crippen molar-refractivity contribution in [1.82, 2.24) is 5.32 Å². The van der Waals surface area contributed by atoms with E-state index in [1.165, 1.54) is 19.8 Å². The zero-order valence-corrected chi connectivity index (χ0v) is 15.5. The molecular formula is C20H28N2O3. The Kier molecular flexibility index (Phi) is 4.52. The highest BCUT2D eigenvalue weighted by Gasteiger charge is 2.61. The number of fused-ring (bicyclic) bond motifs is 2. The standard InChI is InChI=1S/C20H28N2O3/c1-13(23)21-15-7-5-6-8-16(15)25-12-18(24)22-17-11-14-9-10-20(17,4)19(14,2)3/h5-8,14,17H,9-12H2,1-4H3,(H,21,23)(H,22,24). The van der Waals surface area contributed by atoms with Crippen molar-refractivity contribution in [2.45, 2.75) is 53.0 Å². The van der Waals surface area contributed by atoms with E-state index in [0.29, 0.717) is 17.4 Å². The van der Waals surface area contributed by atoms with E-state index >= 15 is 0 Å². The van der Waals surface area contributed by atoms with E-state index in [9.17, 15) is 9.59 Å². The maximum absolute atomic E-state index is 12.4. The first-order valence-corrected chi connectivity index (χ1v) is 9.03. The molecule has 2 aliphatic rings. The number of nitrogens with one attached hydrogen (secondary N) is 2. The average Bonchev–Trinajstić information content (AvgIpc) is 2.87. The summed E-state index contributed by atoms with van der Waals surface area (Å²) in [6.45, 7) is 8.36. The number of para-hydroxylation sites is 2. The third-order valence-electron chi connectivity index (χ3n) is 6.69. The van der Waals surface area contributed by atoms with Crippen LogP contribution in [0.4, 0.5) is 5.69 Å². The first-order chi connectivity index (χ1) is 11.7. The molecule has 5 heteroatoms. The number of amides is 2. The van der Waals surface area contributed by atoms with Gasteiger partial charge in [-0.3, -0.25) is 9.59 Å². The molecule has 5 nitrogen and oxygen atoms in total. The Bertz CT molecular complexity index is 685. The summed E-state index contributed by atoms with van der Waals surface area (Å²) in [5.74, 6) is 0.918. The Morgan fingerprint density at radius 1 is 1.24 bits per heavy atom. The molecule has 0 aliphatic heterocycles. The van der Waals surface area contributed by atoms with Crippen LogP contribution in [0, 0.1) is 16.7 Å². The highest BCUT2D eigenvalue weighted by atomic mass is 16.5. The molecule has 25 heavy (non-hydrogen) atoms. The van der Waals surface area contributed by atoms with Gasteiger partial charge < -0.3 is 15.4 Å². The summed E-state index contributed by atoms with van der Waals surface area (Å²) >= 11 is 0. The molecule has 2 aliphatic carbocycles. The third kappa shape index (κ3) is 3.12. The number of hydrogen-bond acceptors (Lipinski definition) is 3. The molecule has 136 valence electrons. The largest absolute Gasteiger partial charge is 0.482 e. The van der Waals surface area contributed by atoms with Gasteiger partial charge in [0, 0.05) is 13.0 Å². The number of carbonyl (C=O) groups excluding carboxylic acids is 2. The minimum absolute atomic E-state index is 0.0473. The first kappa shape index (κ1) is 17.8. The van der Waals surface area contributed by atoms with Gasteiger partial charge in [0.25, 0.3) is 5.91 Å². The quantitative estimate of drug-likeness (QED) is 0.861. The maximum Gasteiger partial charge on any atom is 0.258 e. The fraction of sp³-hybridized carbons (Fsp3) is 0.600. The van der Waals surface area contributed by atoms with Crippen molar-refractivity contribution < 1.29 is 14.3 Å². The summed E-state index contributed by atoms with van der Waals surface area (Å²) in [6.07, 6.45) is 3.48. The van der Waals surface area contributed by atoms with Gasteiger partial charge in [0.1, 0.15) is 5.75 Å². The highest BCUT2D eigenvalue weighted by Crippen LogP contribution is 2.65. The zero-order chi connectivity index (χ0) is 18.2. The molecule has 3 atom stereocenters. The van der Waals surface area contributed by atoms with Crippen molar-refractivity contribution in [1.29, 1.82) is 0 Å². The number of benzene rings is 1. The summed E-state index contributed by atoms with van der Waals surface area (Å²) in [4.78, 5) is 23.7. The Morgan fingerprint density at radius 2 is 1.96 bits per heavy atom. The first-order valence-electron chi connectivity index (χ1n) is 9.03. The smallest absolute Gasteiger partial charge is 0.258 e. The summed E-state index contributed by atoms with van der Waals surface area (Å²) in [5.41, 5.74) is 1.00. The molecule has 0 saturated heterocycles. The minimum Gasteiger partial charge on any atom is -0.482 e. The zero-order valence-electron chi connectivity index (χ0n) is 15.5. The van der Waals surface area contributed by atoms with Crippen LogP contribution >= 0.6 is 0 Å². The molecule has 0 radical (unpaired) electrons. The lowest BCUT2D eigenvalue weighted by Gasteiger charge is -2.39. The summed E-state index contributed by atoms with van der Waals surface area (Å²) < 4.78 is 5.65. The average molecular weight is 344 g/mol. The van der Waals surface area contributed by atoms with Crippen LogP contribution in [0.3, 0.4) is 0 Å². The van der Waals surface area contributed by atoms with Gasteiger partial charge in [0.15, 0.2) is 6.61 Å². The number of anilines is 1. The molecule has 2 saturated carbocycles. The molecule has 1 aromatic rings. The van der Waals surface area contributed by atoms with Crippen molar-refractivity contribution in [2.24, 2.45) is 16.7 Å². The van der Waals surface area contributed by atoms with Gasteiger partial charge in [0.05, 0.1) is 5.69 Å². The van der Waals surface area contributed by atoms with Crippen LogP contribution < -0.4 is 15.4 Å². The summed E-state index contributed by atoms with van der Waals surface area (Å²) in [6, 6.07) is 7.35. The topological polar surface area (TPSA) is 67.4 Å². The van der Waals surface area contributed by atoms with Crippen LogP contribution in [0.25, 0.3) is 0 Å². The van der Waals surface area contributed by atoms with Gasteiger partial charge in [-0.15, -0.1) is 0 Å². The van der Waals surface area contributed by atoms with E-state index in [2.05, 4.69) is 31.4 Å². The molecule has 0 spiro atoms. The predicted octanol–water partition coefficient (Wildman–Crippen LogP) is 3.35. The minimum atomic E-state index is -0.169. The van der Waals surface area contributed by atoms with Gasteiger partial charge >= 0.3 is 0 Å². The molecule has 2 amide bonds. The molecule has 3 unspecified atom stereocenters. The molecule has 0 heterocycles. The lowest BCUT2D eigenvalue weighted by molar-refractivity contribution is -0.124. The van der Waals surface area contributed by atoms with Crippen molar-refractivity contribution in [3.05, 3.63) is 24.3 Å². The molecule has 2 bridgehead atoms. The van der Waals surface area contributed by atoms with Crippen molar-refractivity contribution in [2.75, 3.05) is 11.9 Å². The van der Waals surface area contributed by atoms with E-state index < -0.39 is 0 Å². The van der Waals surface area contributed by atoms with Crippen LogP contribution in [0.15, 0.2) is 24.3 Å². The van der Waals surface area contributed by atoms with E-state index in [-0.39, 0.29) is 35.3 Å². The summed E-state index contributed by atoms with van der Waals surface area (Å²) in [5, 5.41) is 5.90. The molecular weight excluding hydrogens is 316 g/mol. The molecule has 2 N–H and O–H groups in total. The van der Waals surface area contributed by atoms with Gasteiger partial charge in [-0.2, -0.15) is 0 Å². The van der Waals surface area contributed by atoms with Crippen LogP contribution in [0.5, 0.6) is 5.75 Å². The van der Waals surface area contributed by atoms with E-state index in [1.54, 1.807) is 12.1 Å². The number of ether oxygens (including phenoxy) is 1. The van der Waals surface area contributed by atoms with Gasteiger partial charge in [0.2, 0.25) is 5.91 Å². The molecule has 2 fully saturated rings. The number of carbonyl (C=O) groups is 2. The van der Waals surface area contributed by atoms with E-state index in [4.69, 9.17) is 4.74 Å². The summed E-state index contributed by atoms with van der Waals surface area (Å²) in [7, 11) is 0. The van der Waals surface area contributed by atoms with Gasteiger partial charge in [-0.05, 0) is 48.1 Å². The fourth-order valence-corrected chi connectivity index (χ4v) is 4.69. The fourth-order valence-electron chi connectivity index (χ4n) is 4.69. The normalized spacial score (nSPS) is 29.3. The van der Waals surface area contributed by atoms with Crippen molar-refractivity contribution in [3.8, 4) is 5.75 Å². The lowest BCUT2D eigenvalue weighted by Crippen LogP contribution is -2.48. The van der Waals surface area contributed by atoms with Crippen LogP contribution in [0.1, 0.15) is 47.0 Å². The van der Waals surface area contributed by atoms with Gasteiger partial charge in [-0.1, -0.05) is 32.9 Å². The second-order valence-corrected chi connectivity index (χ2v) is 8.20. The van der Waals surface area contributed by atoms with Crippen molar-refractivity contribution >= 4 is 17.5 Å². The van der Waals surface area contributed by atoms with Gasteiger partial charge in [-0.25, -0.2) is 0 Å². The Morgan fingerprint density at radius 3 is 2.56 bits per heavy atom. The second-order valence-electron chi connectivity index (χ2n) is 8.20. The highest BCUT2D eigenvalue weighted by molar-refractivity contribution is 5.90. The molecule has 3 rings (SSSR count). The maximum atomic E-state index is 12.4. The van der Waals surface area contributed by atoms with Crippen molar-refractivity contribution in [3.63, 3.8) is 0 Å². The van der Waals surface area contributed by atoms with E-state index in [0.717, 1.165) is 6.42 Å². The lowest BCUT2D eigenvalue weighted by atomic mass is 9.69. The van der Waals surface area contributed by atoms with Crippen LogP contribution in [-0.4, -0.2) is 24.5 Å². The predicted molar refractivity (Wildman–Crippen MR) is 97.4 cm³/mol. The van der Waals surface area contributed by atoms with Crippen LogP contribution in [-0.2, 0) is 9.59 Å². The third-order valence-corrected chi connectivity index (χ3v) is 6.69.